The van der Waals surface area contributed by atoms with E-state index in [0.717, 1.165) is 25.9 Å². The Kier molecular flexibility index (Phi) is 3.82. The third-order valence-electron chi connectivity index (χ3n) is 2.26. The number of rotatable bonds is 3. The molecule has 3 nitrogen and oxygen atoms in total. The van der Waals surface area contributed by atoms with Crippen LogP contribution in [0.25, 0.3) is 0 Å². The fourth-order valence-corrected chi connectivity index (χ4v) is 1.82. The van der Waals surface area contributed by atoms with Gasteiger partial charge in [-0.25, -0.2) is 0 Å². The molecule has 1 aliphatic rings. The molecular weight excluding hydrogens is 178 g/mol. The second-order valence-corrected chi connectivity index (χ2v) is 3.54. The van der Waals surface area contributed by atoms with Gasteiger partial charge in [-0.15, -0.1) is 11.6 Å². The number of piperidine rings is 1. The average molecular weight is 192 g/mol. The van der Waals surface area contributed by atoms with E-state index in [2.05, 4.69) is 4.90 Å². The molecule has 4 heteroatoms. The number of hydrogen-bond acceptors (Lipinski definition) is 2. The van der Waals surface area contributed by atoms with Crippen LogP contribution in [0, 0.1) is 5.92 Å². The molecule has 0 aromatic heterocycles. The SMILES string of the molecule is O=C(O)C1CCCN(CCCl)C1. The molecule has 0 radical (unpaired) electrons. The van der Waals surface area contributed by atoms with E-state index in [1.54, 1.807) is 0 Å². The van der Waals surface area contributed by atoms with E-state index in [-0.39, 0.29) is 5.92 Å². The van der Waals surface area contributed by atoms with Gasteiger partial charge in [-0.2, -0.15) is 0 Å². The Morgan fingerprint density at radius 1 is 1.67 bits per heavy atom. The van der Waals surface area contributed by atoms with Crippen molar-refractivity contribution in [2.45, 2.75) is 12.8 Å². The van der Waals surface area contributed by atoms with Gasteiger partial charge in [0.05, 0.1) is 5.92 Å². The zero-order chi connectivity index (χ0) is 8.97. The lowest BCUT2D eigenvalue weighted by atomic mass is 9.98. The number of carbonyl (C=O) groups is 1. The van der Waals surface area contributed by atoms with E-state index in [1.165, 1.54) is 0 Å². The topological polar surface area (TPSA) is 40.5 Å². The minimum Gasteiger partial charge on any atom is -0.481 e. The molecule has 1 aliphatic heterocycles. The Balaban J connectivity index is 2.35. The van der Waals surface area contributed by atoms with Crippen molar-refractivity contribution in [3.05, 3.63) is 0 Å². The van der Waals surface area contributed by atoms with Crippen molar-refractivity contribution in [2.75, 3.05) is 25.5 Å². The van der Waals surface area contributed by atoms with Crippen LogP contribution in [-0.4, -0.2) is 41.5 Å². The van der Waals surface area contributed by atoms with Crippen molar-refractivity contribution in [1.82, 2.24) is 4.90 Å². The third kappa shape index (κ3) is 2.64. The highest BCUT2D eigenvalue weighted by Crippen LogP contribution is 2.16. The minimum absolute atomic E-state index is 0.179. The van der Waals surface area contributed by atoms with Crippen LogP contribution >= 0.6 is 11.6 Å². The zero-order valence-corrected chi connectivity index (χ0v) is 7.76. The molecule has 0 aliphatic carbocycles. The minimum atomic E-state index is -0.672. The number of hydrogen-bond donors (Lipinski definition) is 1. The van der Waals surface area contributed by atoms with Crippen molar-refractivity contribution in [2.24, 2.45) is 5.92 Å². The molecular formula is C8H14ClNO2. The van der Waals surface area contributed by atoms with Crippen molar-refractivity contribution in [1.29, 1.82) is 0 Å². The number of likely N-dealkylation sites (tertiary alicyclic amines) is 1. The zero-order valence-electron chi connectivity index (χ0n) is 7.00. The maximum atomic E-state index is 10.6. The fourth-order valence-electron chi connectivity index (χ4n) is 1.58. The molecule has 12 heavy (non-hydrogen) atoms. The second kappa shape index (κ2) is 4.67. The highest BCUT2D eigenvalue weighted by atomic mass is 35.5. The number of halogens is 1. The number of aliphatic carboxylic acids is 1. The lowest BCUT2D eigenvalue weighted by Gasteiger charge is -2.29. The Bertz CT molecular complexity index is 161. The van der Waals surface area contributed by atoms with Crippen LogP contribution in [-0.2, 0) is 4.79 Å². The van der Waals surface area contributed by atoms with E-state index in [1.807, 2.05) is 0 Å². The molecule has 1 N–H and O–H groups in total. The maximum Gasteiger partial charge on any atom is 0.307 e. The molecule has 0 amide bonds. The predicted octanol–water partition coefficient (Wildman–Crippen LogP) is 1.02. The van der Waals surface area contributed by atoms with Gasteiger partial charge in [0.1, 0.15) is 0 Å². The van der Waals surface area contributed by atoms with E-state index in [9.17, 15) is 4.79 Å². The highest BCUT2D eigenvalue weighted by molar-refractivity contribution is 6.18. The smallest absolute Gasteiger partial charge is 0.307 e. The molecule has 1 rings (SSSR count). The van der Waals surface area contributed by atoms with Crippen LogP contribution < -0.4 is 0 Å². The molecule has 0 bridgehead atoms. The molecule has 0 aromatic carbocycles. The Hall–Kier alpha value is -0.280. The van der Waals surface area contributed by atoms with Crippen molar-refractivity contribution in [3.8, 4) is 0 Å². The van der Waals surface area contributed by atoms with Gasteiger partial charge in [-0.1, -0.05) is 0 Å². The molecule has 1 heterocycles. The van der Waals surface area contributed by atoms with Crippen molar-refractivity contribution in [3.63, 3.8) is 0 Å². The normalized spacial score (nSPS) is 25.6. The first-order valence-corrected chi connectivity index (χ1v) is 4.78. The van der Waals surface area contributed by atoms with E-state index >= 15 is 0 Å². The van der Waals surface area contributed by atoms with Gasteiger partial charge in [0.15, 0.2) is 0 Å². The Morgan fingerprint density at radius 2 is 2.42 bits per heavy atom. The maximum absolute atomic E-state index is 10.6. The lowest BCUT2D eigenvalue weighted by Crippen LogP contribution is -2.39. The summed E-state index contributed by atoms with van der Waals surface area (Å²) in [6, 6.07) is 0. The van der Waals surface area contributed by atoms with Crippen LogP contribution in [0.5, 0.6) is 0 Å². The Morgan fingerprint density at radius 3 is 3.00 bits per heavy atom. The monoisotopic (exact) mass is 191 g/mol. The second-order valence-electron chi connectivity index (χ2n) is 3.17. The highest BCUT2D eigenvalue weighted by Gasteiger charge is 2.24. The van der Waals surface area contributed by atoms with Crippen LogP contribution in [0.2, 0.25) is 0 Å². The number of nitrogens with zero attached hydrogens (tertiary/aromatic N) is 1. The summed E-state index contributed by atoms with van der Waals surface area (Å²) in [4.78, 5) is 12.8. The first-order valence-electron chi connectivity index (χ1n) is 4.25. The van der Waals surface area contributed by atoms with Crippen LogP contribution in [0.15, 0.2) is 0 Å². The molecule has 1 atom stereocenters. The van der Waals surface area contributed by atoms with Crippen LogP contribution in [0.1, 0.15) is 12.8 Å². The molecule has 1 unspecified atom stereocenters. The van der Waals surface area contributed by atoms with Gasteiger partial charge in [0.25, 0.3) is 0 Å². The Labute approximate surface area is 77.3 Å². The van der Waals surface area contributed by atoms with Gasteiger partial charge in [-0.05, 0) is 19.4 Å². The quantitative estimate of drug-likeness (QED) is 0.678. The number of carboxylic acids is 1. The lowest BCUT2D eigenvalue weighted by molar-refractivity contribution is -0.143. The van der Waals surface area contributed by atoms with E-state index in [4.69, 9.17) is 16.7 Å². The van der Waals surface area contributed by atoms with Gasteiger partial charge < -0.3 is 10.0 Å². The van der Waals surface area contributed by atoms with Crippen molar-refractivity contribution < 1.29 is 9.90 Å². The van der Waals surface area contributed by atoms with E-state index < -0.39 is 5.97 Å². The fraction of sp³-hybridized carbons (Fsp3) is 0.875. The summed E-state index contributed by atoms with van der Waals surface area (Å²) in [5.41, 5.74) is 0. The summed E-state index contributed by atoms with van der Waals surface area (Å²) in [5, 5.41) is 8.76. The summed E-state index contributed by atoms with van der Waals surface area (Å²) < 4.78 is 0. The van der Waals surface area contributed by atoms with Gasteiger partial charge in [0, 0.05) is 19.0 Å². The third-order valence-corrected chi connectivity index (χ3v) is 2.42. The van der Waals surface area contributed by atoms with Crippen molar-refractivity contribution >= 4 is 17.6 Å². The summed E-state index contributed by atoms with van der Waals surface area (Å²) in [5.74, 6) is -0.261. The summed E-state index contributed by atoms with van der Waals surface area (Å²) >= 11 is 5.57. The summed E-state index contributed by atoms with van der Waals surface area (Å²) in [7, 11) is 0. The van der Waals surface area contributed by atoms with Gasteiger partial charge in [-0.3, -0.25) is 4.79 Å². The average Bonchev–Trinajstić information content (AvgIpc) is 2.05. The van der Waals surface area contributed by atoms with Gasteiger partial charge in [0.2, 0.25) is 0 Å². The summed E-state index contributed by atoms with van der Waals surface area (Å²) in [6.45, 7) is 2.48. The molecule has 0 spiro atoms. The molecule has 0 aromatic rings. The molecule has 0 saturated carbocycles. The standard InChI is InChI=1S/C8H14ClNO2/c9-3-5-10-4-1-2-7(6-10)8(11)12/h7H,1-6H2,(H,11,12). The predicted molar refractivity (Wildman–Crippen MR) is 47.5 cm³/mol. The van der Waals surface area contributed by atoms with E-state index in [0.29, 0.717) is 12.4 Å². The molecule has 1 saturated heterocycles. The molecule has 1 fully saturated rings. The first kappa shape index (κ1) is 9.81. The number of carboxylic acid groups (broad SMARTS) is 1. The summed E-state index contributed by atoms with van der Waals surface area (Å²) in [6.07, 6.45) is 1.79. The largest absolute Gasteiger partial charge is 0.481 e. The number of alkyl halides is 1. The first-order chi connectivity index (χ1) is 5.74. The van der Waals surface area contributed by atoms with Crippen LogP contribution in [0.4, 0.5) is 0 Å². The van der Waals surface area contributed by atoms with Crippen LogP contribution in [0.3, 0.4) is 0 Å². The van der Waals surface area contributed by atoms with Gasteiger partial charge >= 0.3 is 5.97 Å². The molecule has 70 valence electrons.